The van der Waals surface area contributed by atoms with Crippen LogP contribution in [0, 0.1) is 18.3 Å². The molecule has 21 heavy (non-hydrogen) atoms. The maximum absolute atomic E-state index is 9.17. The highest BCUT2D eigenvalue weighted by Gasteiger charge is 2.31. The van der Waals surface area contributed by atoms with Gasteiger partial charge in [0.05, 0.1) is 11.3 Å². The molecule has 106 valence electrons. The molecule has 0 bridgehead atoms. The predicted molar refractivity (Wildman–Crippen MR) is 89.4 cm³/mol. The zero-order valence-electron chi connectivity index (χ0n) is 11.9. The van der Waals surface area contributed by atoms with Gasteiger partial charge in [-0.2, -0.15) is 5.26 Å². The van der Waals surface area contributed by atoms with Crippen molar-refractivity contribution < 1.29 is 0 Å². The highest BCUT2D eigenvalue weighted by molar-refractivity contribution is 9.10. The standard InChI is InChI=1S/C18H17BrN2/c1-12-4-2-3-5-17(12)14-8-16(9-14)21-18-10-15(19)7-6-13(18)11-20/h2-7,10,14,16,21H,8-9H2,1H3. The summed E-state index contributed by atoms with van der Waals surface area (Å²) in [4.78, 5) is 0. The zero-order chi connectivity index (χ0) is 14.8. The van der Waals surface area contributed by atoms with Crippen molar-refractivity contribution >= 4 is 21.6 Å². The molecule has 0 amide bonds. The first-order valence-electron chi connectivity index (χ1n) is 7.19. The lowest BCUT2D eigenvalue weighted by molar-refractivity contribution is 0.373. The minimum atomic E-state index is 0.455. The van der Waals surface area contributed by atoms with Crippen molar-refractivity contribution in [3.8, 4) is 6.07 Å². The quantitative estimate of drug-likeness (QED) is 0.854. The number of benzene rings is 2. The Bertz CT molecular complexity index is 697. The van der Waals surface area contributed by atoms with Gasteiger partial charge in [-0.1, -0.05) is 40.2 Å². The van der Waals surface area contributed by atoms with Crippen molar-refractivity contribution in [1.29, 1.82) is 5.26 Å². The van der Waals surface area contributed by atoms with Gasteiger partial charge < -0.3 is 5.32 Å². The molecule has 0 spiro atoms. The van der Waals surface area contributed by atoms with Gasteiger partial charge in [0.25, 0.3) is 0 Å². The van der Waals surface area contributed by atoms with Crippen LogP contribution in [0.15, 0.2) is 46.9 Å². The average Bonchev–Trinajstić information content (AvgIpc) is 2.44. The molecule has 1 aliphatic rings. The number of hydrogen-bond acceptors (Lipinski definition) is 2. The molecule has 3 rings (SSSR count). The second-order valence-corrected chi connectivity index (χ2v) is 6.58. The van der Waals surface area contributed by atoms with Crippen LogP contribution < -0.4 is 5.32 Å². The molecule has 0 atom stereocenters. The molecule has 0 heterocycles. The number of anilines is 1. The van der Waals surface area contributed by atoms with E-state index in [1.54, 1.807) is 0 Å². The number of halogens is 1. The zero-order valence-corrected chi connectivity index (χ0v) is 13.5. The largest absolute Gasteiger partial charge is 0.381 e. The van der Waals surface area contributed by atoms with Gasteiger partial charge in [0.15, 0.2) is 0 Å². The van der Waals surface area contributed by atoms with Crippen LogP contribution >= 0.6 is 15.9 Å². The van der Waals surface area contributed by atoms with E-state index in [4.69, 9.17) is 0 Å². The maximum atomic E-state index is 9.17. The van der Waals surface area contributed by atoms with Crippen LogP contribution in [-0.2, 0) is 0 Å². The Morgan fingerprint density at radius 2 is 1.95 bits per heavy atom. The monoisotopic (exact) mass is 340 g/mol. The molecule has 0 aromatic heterocycles. The van der Waals surface area contributed by atoms with E-state index < -0.39 is 0 Å². The summed E-state index contributed by atoms with van der Waals surface area (Å²) in [6.45, 7) is 2.18. The Balaban J connectivity index is 1.67. The lowest BCUT2D eigenvalue weighted by Crippen LogP contribution is -2.34. The van der Waals surface area contributed by atoms with Crippen molar-refractivity contribution in [2.75, 3.05) is 5.32 Å². The van der Waals surface area contributed by atoms with Crippen LogP contribution in [0.3, 0.4) is 0 Å². The molecule has 3 heteroatoms. The van der Waals surface area contributed by atoms with Crippen molar-refractivity contribution in [2.24, 2.45) is 0 Å². The fourth-order valence-corrected chi connectivity index (χ4v) is 3.35. The normalized spacial score (nSPS) is 20.4. The Morgan fingerprint density at radius 3 is 2.67 bits per heavy atom. The van der Waals surface area contributed by atoms with Crippen LogP contribution in [0.2, 0.25) is 0 Å². The van der Waals surface area contributed by atoms with Crippen LogP contribution in [0.4, 0.5) is 5.69 Å². The Morgan fingerprint density at radius 1 is 1.19 bits per heavy atom. The number of nitriles is 1. The molecule has 2 aromatic carbocycles. The van der Waals surface area contributed by atoms with Gasteiger partial charge in [0.1, 0.15) is 6.07 Å². The summed E-state index contributed by atoms with van der Waals surface area (Å²) in [7, 11) is 0. The van der Waals surface area contributed by atoms with E-state index in [0.717, 1.165) is 23.0 Å². The van der Waals surface area contributed by atoms with E-state index in [-0.39, 0.29) is 0 Å². The van der Waals surface area contributed by atoms with E-state index in [1.807, 2.05) is 18.2 Å². The summed E-state index contributed by atoms with van der Waals surface area (Å²) < 4.78 is 0.999. The van der Waals surface area contributed by atoms with Crippen molar-refractivity contribution in [3.63, 3.8) is 0 Å². The average molecular weight is 341 g/mol. The van der Waals surface area contributed by atoms with Crippen LogP contribution in [0.25, 0.3) is 0 Å². The number of hydrogen-bond donors (Lipinski definition) is 1. The predicted octanol–water partition coefficient (Wildman–Crippen LogP) is 4.99. The molecule has 1 aliphatic carbocycles. The summed E-state index contributed by atoms with van der Waals surface area (Å²) >= 11 is 3.46. The third-order valence-corrected chi connectivity index (χ3v) is 4.72. The summed E-state index contributed by atoms with van der Waals surface area (Å²) in [6.07, 6.45) is 2.25. The summed E-state index contributed by atoms with van der Waals surface area (Å²) in [5, 5.41) is 12.7. The molecule has 0 radical (unpaired) electrons. The van der Waals surface area contributed by atoms with Crippen LogP contribution in [0.5, 0.6) is 0 Å². The Kier molecular flexibility index (Phi) is 3.98. The first-order valence-corrected chi connectivity index (χ1v) is 7.98. The number of aryl methyl sites for hydroxylation is 1. The highest BCUT2D eigenvalue weighted by atomic mass is 79.9. The van der Waals surface area contributed by atoms with Gasteiger partial charge in [-0.3, -0.25) is 0 Å². The fraction of sp³-hybridized carbons (Fsp3) is 0.278. The molecule has 2 aromatic rings. The van der Waals surface area contributed by atoms with E-state index in [0.29, 0.717) is 17.5 Å². The number of rotatable bonds is 3. The summed E-state index contributed by atoms with van der Waals surface area (Å²) in [5.41, 5.74) is 4.48. The molecule has 0 saturated heterocycles. The molecular formula is C18H17BrN2. The highest BCUT2D eigenvalue weighted by Crippen LogP contribution is 2.40. The number of nitrogens with one attached hydrogen (secondary N) is 1. The molecule has 1 fully saturated rings. The van der Waals surface area contributed by atoms with E-state index >= 15 is 0 Å². The third kappa shape index (κ3) is 2.96. The lowest BCUT2D eigenvalue weighted by Gasteiger charge is -2.37. The number of nitrogens with zero attached hydrogens (tertiary/aromatic N) is 1. The fourth-order valence-electron chi connectivity index (χ4n) is 2.99. The SMILES string of the molecule is Cc1ccccc1C1CC(Nc2cc(Br)ccc2C#N)C1. The minimum Gasteiger partial charge on any atom is -0.381 e. The molecule has 1 saturated carbocycles. The first kappa shape index (κ1) is 14.2. The molecule has 0 unspecified atom stereocenters. The smallest absolute Gasteiger partial charge is 0.101 e. The molecule has 2 nitrogen and oxygen atoms in total. The van der Waals surface area contributed by atoms with Crippen LogP contribution in [0.1, 0.15) is 35.4 Å². The molecular weight excluding hydrogens is 324 g/mol. The maximum Gasteiger partial charge on any atom is 0.101 e. The van der Waals surface area contributed by atoms with Crippen molar-refractivity contribution in [2.45, 2.75) is 31.7 Å². The second kappa shape index (κ2) is 5.91. The molecule has 1 N–H and O–H groups in total. The van der Waals surface area contributed by atoms with Gasteiger partial charge in [-0.15, -0.1) is 0 Å². The Labute approximate surface area is 133 Å². The first-order chi connectivity index (χ1) is 10.2. The van der Waals surface area contributed by atoms with Crippen LogP contribution in [-0.4, -0.2) is 6.04 Å². The van der Waals surface area contributed by atoms with E-state index in [9.17, 15) is 5.26 Å². The summed E-state index contributed by atoms with van der Waals surface area (Å²) in [6, 6.07) is 17.1. The van der Waals surface area contributed by atoms with Gasteiger partial charge in [0.2, 0.25) is 0 Å². The van der Waals surface area contributed by atoms with E-state index in [2.05, 4.69) is 58.5 Å². The van der Waals surface area contributed by atoms with Gasteiger partial charge in [0, 0.05) is 10.5 Å². The topological polar surface area (TPSA) is 35.8 Å². The third-order valence-electron chi connectivity index (χ3n) is 4.23. The summed E-state index contributed by atoms with van der Waals surface area (Å²) in [5.74, 6) is 0.640. The minimum absolute atomic E-state index is 0.455. The van der Waals surface area contributed by atoms with Gasteiger partial charge in [-0.05, 0) is 55.0 Å². The molecule has 0 aliphatic heterocycles. The lowest BCUT2D eigenvalue weighted by atomic mass is 9.74. The van der Waals surface area contributed by atoms with Gasteiger partial charge in [-0.25, -0.2) is 0 Å². The van der Waals surface area contributed by atoms with Gasteiger partial charge >= 0.3 is 0 Å². The van der Waals surface area contributed by atoms with E-state index in [1.165, 1.54) is 11.1 Å². The Hall–Kier alpha value is -1.79. The second-order valence-electron chi connectivity index (χ2n) is 5.67. The van der Waals surface area contributed by atoms with Crippen molar-refractivity contribution in [3.05, 3.63) is 63.6 Å². The van der Waals surface area contributed by atoms with Crippen molar-refractivity contribution in [1.82, 2.24) is 0 Å².